The summed E-state index contributed by atoms with van der Waals surface area (Å²) >= 11 is 0. The molecular weight excluding hydrogens is 222 g/mol. The Labute approximate surface area is 94.9 Å². The number of hydrogen-bond acceptors (Lipinski definition) is 4. The molecule has 0 saturated heterocycles. The van der Waals surface area contributed by atoms with E-state index >= 15 is 0 Å². The fraction of sp³-hybridized carbons (Fsp3) is 0.200. The van der Waals surface area contributed by atoms with Crippen LogP contribution in [0, 0.1) is 11.3 Å². The third-order valence-corrected chi connectivity index (χ3v) is 2.82. The molecule has 2 aromatic heterocycles. The molecule has 3 heterocycles. The van der Waals surface area contributed by atoms with Gasteiger partial charge in [0.15, 0.2) is 5.65 Å². The first-order valence-corrected chi connectivity index (χ1v) is 4.92. The molecule has 0 spiro atoms. The molecule has 1 aliphatic rings. The van der Waals surface area contributed by atoms with Gasteiger partial charge in [0, 0.05) is 13.2 Å². The van der Waals surface area contributed by atoms with Gasteiger partial charge in [-0.05, 0) is 0 Å². The Morgan fingerprint density at radius 2 is 2.29 bits per heavy atom. The van der Waals surface area contributed by atoms with Gasteiger partial charge in [-0.1, -0.05) is 0 Å². The number of aromatic nitrogens is 3. The maximum atomic E-state index is 12.0. The van der Waals surface area contributed by atoms with Crippen LogP contribution < -0.4 is 5.56 Å². The van der Waals surface area contributed by atoms with Crippen LogP contribution in [0.15, 0.2) is 11.0 Å². The van der Waals surface area contributed by atoms with E-state index in [1.807, 2.05) is 6.07 Å². The van der Waals surface area contributed by atoms with Gasteiger partial charge in [0.1, 0.15) is 17.3 Å². The van der Waals surface area contributed by atoms with Crippen LogP contribution in [0.3, 0.4) is 0 Å². The molecule has 0 aliphatic carbocycles. The van der Waals surface area contributed by atoms with Crippen molar-refractivity contribution in [2.24, 2.45) is 0 Å². The zero-order valence-electron chi connectivity index (χ0n) is 8.89. The Kier molecular flexibility index (Phi) is 1.66. The number of aromatic amines is 1. The standard InChI is InChI=1S/C10H7N5O2/c1-14-4-6-7(10(14)17)13-8-5(2-11)3-12-15(8)9(6)16/h3,12H,4H2,1H3. The molecular formula is C10H7N5O2. The number of nitrogens with one attached hydrogen (secondary N) is 1. The summed E-state index contributed by atoms with van der Waals surface area (Å²) in [5.74, 6) is -0.287. The Morgan fingerprint density at radius 1 is 1.53 bits per heavy atom. The quantitative estimate of drug-likeness (QED) is 0.657. The average Bonchev–Trinajstić information content (AvgIpc) is 2.85. The average molecular weight is 229 g/mol. The smallest absolute Gasteiger partial charge is 0.278 e. The highest BCUT2D eigenvalue weighted by atomic mass is 16.2. The van der Waals surface area contributed by atoms with E-state index < -0.39 is 0 Å². The summed E-state index contributed by atoms with van der Waals surface area (Å²) in [6, 6.07) is 1.92. The highest BCUT2D eigenvalue weighted by Crippen LogP contribution is 2.17. The Balaban J connectivity index is 2.46. The summed E-state index contributed by atoms with van der Waals surface area (Å²) in [6.45, 7) is 0.254. The lowest BCUT2D eigenvalue weighted by Gasteiger charge is -2.03. The van der Waals surface area contributed by atoms with Gasteiger partial charge in [-0.2, -0.15) is 9.78 Å². The third-order valence-electron chi connectivity index (χ3n) is 2.82. The predicted octanol–water partition coefficient (Wildman–Crippen LogP) is -0.520. The van der Waals surface area contributed by atoms with Crippen LogP contribution in [0.5, 0.6) is 0 Å². The van der Waals surface area contributed by atoms with Gasteiger partial charge in [-0.25, -0.2) is 4.98 Å². The highest BCUT2D eigenvalue weighted by Gasteiger charge is 2.30. The molecule has 7 heteroatoms. The molecule has 7 nitrogen and oxygen atoms in total. The van der Waals surface area contributed by atoms with Crippen LogP contribution >= 0.6 is 0 Å². The van der Waals surface area contributed by atoms with Crippen molar-refractivity contribution in [1.82, 2.24) is 19.5 Å². The van der Waals surface area contributed by atoms with Gasteiger partial charge >= 0.3 is 0 Å². The number of carbonyl (C=O) groups is 1. The molecule has 0 radical (unpaired) electrons. The van der Waals surface area contributed by atoms with E-state index in [0.717, 1.165) is 0 Å². The van der Waals surface area contributed by atoms with Crippen LogP contribution in [0.25, 0.3) is 5.65 Å². The lowest BCUT2D eigenvalue weighted by atomic mass is 10.2. The van der Waals surface area contributed by atoms with Crippen LogP contribution in [0.4, 0.5) is 0 Å². The minimum Gasteiger partial charge on any atom is -0.336 e. The van der Waals surface area contributed by atoms with Crippen LogP contribution in [-0.4, -0.2) is 32.5 Å². The fourth-order valence-corrected chi connectivity index (χ4v) is 1.94. The van der Waals surface area contributed by atoms with E-state index in [9.17, 15) is 9.59 Å². The highest BCUT2D eigenvalue weighted by molar-refractivity contribution is 5.96. The number of nitrogens with zero attached hydrogens (tertiary/aromatic N) is 4. The monoisotopic (exact) mass is 229 g/mol. The second-order valence-electron chi connectivity index (χ2n) is 3.86. The number of carbonyl (C=O) groups excluding carboxylic acids is 1. The number of fused-ring (bicyclic) bond motifs is 2. The summed E-state index contributed by atoms with van der Waals surface area (Å²) in [4.78, 5) is 29.3. The normalized spacial score (nSPS) is 14.1. The summed E-state index contributed by atoms with van der Waals surface area (Å²) in [5, 5.41) is 11.5. The van der Waals surface area contributed by atoms with Gasteiger partial charge < -0.3 is 4.90 Å². The largest absolute Gasteiger partial charge is 0.336 e. The van der Waals surface area contributed by atoms with Gasteiger partial charge in [-0.15, -0.1) is 0 Å². The van der Waals surface area contributed by atoms with Gasteiger partial charge in [0.05, 0.1) is 12.1 Å². The topological polar surface area (TPSA) is 94.3 Å². The first-order valence-electron chi connectivity index (χ1n) is 4.92. The minimum atomic E-state index is -0.329. The second-order valence-corrected chi connectivity index (χ2v) is 3.86. The number of amides is 1. The van der Waals surface area contributed by atoms with Crippen molar-refractivity contribution in [2.75, 3.05) is 7.05 Å². The van der Waals surface area contributed by atoms with E-state index in [-0.39, 0.29) is 34.9 Å². The van der Waals surface area contributed by atoms with E-state index in [1.165, 1.54) is 15.6 Å². The van der Waals surface area contributed by atoms with Gasteiger partial charge in [0.2, 0.25) is 0 Å². The Bertz CT molecular complexity index is 748. The maximum absolute atomic E-state index is 12.0. The van der Waals surface area contributed by atoms with Crippen molar-refractivity contribution < 1.29 is 4.79 Å². The molecule has 1 amide bonds. The number of nitriles is 1. The van der Waals surface area contributed by atoms with Crippen molar-refractivity contribution in [1.29, 1.82) is 5.26 Å². The van der Waals surface area contributed by atoms with Crippen molar-refractivity contribution >= 4 is 11.6 Å². The van der Waals surface area contributed by atoms with Crippen LogP contribution in [-0.2, 0) is 6.54 Å². The molecule has 0 aromatic carbocycles. The van der Waals surface area contributed by atoms with Gasteiger partial charge in [0.25, 0.3) is 11.5 Å². The molecule has 0 fully saturated rings. The molecule has 1 N–H and O–H groups in total. The molecule has 0 atom stereocenters. The zero-order chi connectivity index (χ0) is 12.2. The van der Waals surface area contributed by atoms with Crippen molar-refractivity contribution in [3.05, 3.63) is 33.4 Å². The molecule has 0 unspecified atom stereocenters. The number of H-pyrrole nitrogens is 1. The SMILES string of the molecule is CN1Cc2c(nc3c(C#N)c[nH]n3c2=O)C1=O. The molecule has 17 heavy (non-hydrogen) atoms. The molecule has 84 valence electrons. The first-order chi connectivity index (χ1) is 8.13. The fourth-order valence-electron chi connectivity index (χ4n) is 1.94. The predicted molar refractivity (Wildman–Crippen MR) is 56.3 cm³/mol. The Hall–Kier alpha value is -2.62. The number of hydrogen-bond donors (Lipinski definition) is 1. The molecule has 3 rings (SSSR count). The van der Waals surface area contributed by atoms with Crippen molar-refractivity contribution in [3.63, 3.8) is 0 Å². The molecule has 2 aromatic rings. The Morgan fingerprint density at radius 3 is 3.00 bits per heavy atom. The second kappa shape index (κ2) is 2.95. The molecule has 1 aliphatic heterocycles. The first kappa shape index (κ1) is 9.59. The lowest BCUT2D eigenvalue weighted by molar-refractivity contribution is 0.0812. The van der Waals surface area contributed by atoms with E-state index in [0.29, 0.717) is 5.56 Å². The minimum absolute atomic E-state index is 0.147. The van der Waals surface area contributed by atoms with E-state index in [1.54, 1.807) is 7.05 Å². The van der Waals surface area contributed by atoms with Crippen LogP contribution in [0.2, 0.25) is 0 Å². The summed E-state index contributed by atoms with van der Waals surface area (Å²) < 4.78 is 1.18. The molecule has 0 bridgehead atoms. The van der Waals surface area contributed by atoms with Gasteiger partial charge in [-0.3, -0.25) is 14.7 Å². The third kappa shape index (κ3) is 1.06. The van der Waals surface area contributed by atoms with Crippen molar-refractivity contribution in [3.8, 4) is 6.07 Å². The van der Waals surface area contributed by atoms with Crippen LogP contribution in [0.1, 0.15) is 21.6 Å². The lowest BCUT2D eigenvalue weighted by Crippen LogP contribution is -2.20. The maximum Gasteiger partial charge on any atom is 0.278 e. The van der Waals surface area contributed by atoms with Crippen molar-refractivity contribution in [2.45, 2.75) is 6.54 Å². The van der Waals surface area contributed by atoms with E-state index in [2.05, 4.69) is 10.1 Å². The summed E-state index contributed by atoms with van der Waals surface area (Å²) in [7, 11) is 1.60. The summed E-state index contributed by atoms with van der Waals surface area (Å²) in [6.07, 6.45) is 1.40. The molecule has 0 saturated carbocycles. The zero-order valence-corrected chi connectivity index (χ0v) is 8.89. The van der Waals surface area contributed by atoms with E-state index in [4.69, 9.17) is 5.26 Å². The number of rotatable bonds is 0. The summed E-state index contributed by atoms with van der Waals surface area (Å²) in [5.41, 5.74) is 0.617.